The highest BCUT2D eigenvalue weighted by Crippen LogP contribution is 2.15. The van der Waals surface area contributed by atoms with Crippen LogP contribution < -0.4 is 15.6 Å². The Labute approximate surface area is 143 Å². The zero-order chi connectivity index (χ0) is 17.6. The monoisotopic (exact) mass is 336 g/mol. The standard InChI is InChI=1S/C18H28N2O4/c1-2-3-4-5-6-7-8-9-17(22)19-20-18(23)14-24-16-12-10-15(21)11-13-16/h10-13,21H,2-9,14H2,1H3,(H,19,22)(H,20,23). The van der Waals surface area contributed by atoms with Crippen molar-refractivity contribution in [2.45, 2.75) is 58.3 Å². The molecule has 0 spiro atoms. The molecule has 0 unspecified atom stereocenters. The smallest absolute Gasteiger partial charge is 0.276 e. The van der Waals surface area contributed by atoms with E-state index in [0.717, 1.165) is 19.3 Å². The molecule has 0 atom stereocenters. The molecule has 2 amide bonds. The summed E-state index contributed by atoms with van der Waals surface area (Å²) < 4.78 is 5.23. The number of aromatic hydroxyl groups is 1. The van der Waals surface area contributed by atoms with E-state index in [1.54, 1.807) is 12.1 Å². The quantitative estimate of drug-likeness (QED) is 0.428. The number of rotatable bonds is 11. The van der Waals surface area contributed by atoms with E-state index in [2.05, 4.69) is 17.8 Å². The van der Waals surface area contributed by atoms with Crippen LogP contribution in [-0.2, 0) is 9.59 Å². The molecule has 1 rings (SSSR count). The molecule has 0 aliphatic rings. The summed E-state index contributed by atoms with van der Waals surface area (Å²) in [6.07, 6.45) is 8.43. The first-order valence-electron chi connectivity index (χ1n) is 8.61. The van der Waals surface area contributed by atoms with Crippen molar-refractivity contribution in [2.24, 2.45) is 0 Å². The zero-order valence-corrected chi connectivity index (χ0v) is 14.3. The van der Waals surface area contributed by atoms with Crippen LogP contribution in [0.2, 0.25) is 0 Å². The van der Waals surface area contributed by atoms with E-state index < -0.39 is 5.91 Å². The second-order valence-electron chi connectivity index (χ2n) is 5.75. The van der Waals surface area contributed by atoms with Crippen LogP contribution in [0.3, 0.4) is 0 Å². The molecule has 0 aromatic heterocycles. The normalized spacial score (nSPS) is 10.2. The molecular weight excluding hydrogens is 308 g/mol. The van der Waals surface area contributed by atoms with Crippen LogP contribution in [-0.4, -0.2) is 23.5 Å². The molecule has 6 heteroatoms. The molecule has 0 fully saturated rings. The Bertz CT molecular complexity index is 488. The van der Waals surface area contributed by atoms with Crippen molar-refractivity contribution >= 4 is 11.8 Å². The molecule has 1 aromatic carbocycles. The number of amides is 2. The molecule has 0 aliphatic heterocycles. The maximum absolute atomic E-state index is 11.6. The molecule has 3 N–H and O–H groups in total. The Morgan fingerprint density at radius 1 is 0.917 bits per heavy atom. The SMILES string of the molecule is CCCCCCCCCC(=O)NNC(=O)COc1ccc(O)cc1. The fraction of sp³-hybridized carbons (Fsp3) is 0.556. The van der Waals surface area contributed by atoms with Gasteiger partial charge in [0.25, 0.3) is 5.91 Å². The van der Waals surface area contributed by atoms with E-state index in [1.807, 2.05) is 0 Å². The lowest BCUT2D eigenvalue weighted by Gasteiger charge is -2.09. The van der Waals surface area contributed by atoms with E-state index in [0.29, 0.717) is 12.2 Å². The minimum Gasteiger partial charge on any atom is -0.508 e. The van der Waals surface area contributed by atoms with E-state index >= 15 is 0 Å². The summed E-state index contributed by atoms with van der Waals surface area (Å²) in [5.74, 6) is -0.0284. The van der Waals surface area contributed by atoms with Crippen LogP contribution in [0.4, 0.5) is 0 Å². The molecule has 134 valence electrons. The van der Waals surface area contributed by atoms with Gasteiger partial charge in [-0.05, 0) is 30.7 Å². The number of unbranched alkanes of at least 4 members (excludes halogenated alkanes) is 6. The van der Waals surface area contributed by atoms with Crippen molar-refractivity contribution in [3.8, 4) is 11.5 Å². The maximum Gasteiger partial charge on any atom is 0.276 e. The predicted octanol–water partition coefficient (Wildman–Crippen LogP) is 3.06. The van der Waals surface area contributed by atoms with Gasteiger partial charge < -0.3 is 9.84 Å². The average Bonchev–Trinajstić information content (AvgIpc) is 2.58. The number of phenols is 1. The highest BCUT2D eigenvalue weighted by molar-refractivity contribution is 5.82. The molecule has 6 nitrogen and oxygen atoms in total. The van der Waals surface area contributed by atoms with Gasteiger partial charge in [0.1, 0.15) is 11.5 Å². The van der Waals surface area contributed by atoms with Crippen molar-refractivity contribution in [1.82, 2.24) is 10.9 Å². The van der Waals surface area contributed by atoms with E-state index in [4.69, 9.17) is 9.84 Å². The number of hydrogen-bond donors (Lipinski definition) is 3. The number of hydrogen-bond acceptors (Lipinski definition) is 4. The third kappa shape index (κ3) is 9.71. The Kier molecular flexibility index (Phi) is 10.1. The highest BCUT2D eigenvalue weighted by atomic mass is 16.5. The molecule has 0 radical (unpaired) electrons. The van der Waals surface area contributed by atoms with Gasteiger partial charge in [-0.3, -0.25) is 20.4 Å². The van der Waals surface area contributed by atoms with E-state index in [-0.39, 0.29) is 18.3 Å². The van der Waals surface area contributed by atoms with E-state index in [9.17, 15) is 9.59 Å². The van der Waals surface area contributed by atoms with Crippen molar-refractivity contribution in [1.29, 1.82) is 0 Å². The first-order chi connectivity index (χ1) is 11.6. The van der Waals surface area contributed by atoms with Crippen LogP contribution in [0.25, 0.3) is 0 Å². The minimum atomic E-state index is -0.434. The molecule has 0 heterocycles. The summed E-state index contributed by atoms with van der Waals surface area (Å²) >= 11 is 0. The van der Waals surface area contributed by atoms with Gasteiger partial charge in [-0.15, -0.1) is 0 Å². The van der Waals surface area contributed by atoms with Gasteiger partial charge in [0.2, 0.25) is 5.91 Å². The number of carbonyl (C=O) groups is 2. The number of hydrazine groups is 1. The van der Waals surface area contributed by atoms with Crippen LogP contribution in [0, 0.1) is 0 Å². The highest BCUT2D eigenvalue weighted by Gasteiger charge is 2.05. The van der Waals surface area contributed by atoms with Crippen molar-refractivity contribution in [3.63, 3.8) is 0 Å². The Hall–Kier alpha value is -2.24. The zero-order valence-electron chi connectivity index (χ0n) is 14.3. The molecule has 0 bridgehead atoms. The van der Waals surface area contributed by atoms with Gasteiger partial charge in [0, 0.05) is 6.42 Å². The van der Waals surface area contributed by atoms with Crippen LogP contribution in [0.5, 0.6) is 11.5 Å². The lowest BCUT2D eigenvalue weighted by Crippen LogP contribution is -2.43. The predicted molar refractivity (Wildman–Crippen MR) is 92.5 cm³/mol. The van der Waals surface area contributed by atoms with Crippen molar-refractivity contribution in [3.05, 3.63) is 24.3 Å². The molecule has 24 heavy (non-hydrogen) atoms. The minimum absolute atomic E-state index is 0.129. The molecular formula is C18H28N2O4. The Morgan fingerprint density at radius 3 is 2.17 bits per heavy atom. The summed E-state index contributed by atoms with van der Waals surface area (Å²) in [6, 6.07) is 6.05. The first kappa shape index (κ1) is 19.8. The summed E-state index contributed by atoms with van der Waals surface area (Å²) in [4.78, 5) is 23.2. The lowest BCUT2D eigenvalue weighted by molar-refractivity contribution is -0.130. The number of carbonyl (C=O) groups excluding carboxylic acids is 2. The van der Waals surface area contributed by atoms with Gasteiger partial charge in [-0.1, -0.05) is 45.4 Å². The number of ether oxygens (including phenoxy) is 1. The molecule has 1 aromatic rings. The Morgan fingerprint density at radius 2 is 1.50 bits per heavy atom. The maximum atomic E-state index is 11.6. The molecule has 0 saturated heterocycles. The Balaban J connectivity index is 2.02. The summed E-state index contributed by atoms with van der Waals surface area (Å²) in [5.41, 5.74) is 4.70. The lowest BCUT2D eigenvalue weighted by atomic mass is 10.1. The summed E-state index contributed by atoms with van der Waals surface area (Å²) in [7, 11) is 0. The van der Waals surface area contributed by atoms with Gasteiger partial charge in [0.15, 0.2) is 6.61 Å². The van der Waals surface area contributed by atoms with Gasteiger partial charge >= 0.3 is 0 Å². The fourth-order valence-electron chi connectivity index (χ4n) is 2.17. The third-order valence-electron chi connectivity index (χ3n) is 3.56. The molecule has 0 saturated carbocycles. The van der Waals surface area contributed by atoms with Gasteiger partial charge in [0.05, 0.1) is 0 Å². The second kappa shape index (κ2) is 12.2. The number of benzene rings is 1. The fourth-order valence-corrected chi connectivity index (χ4v) is 2.17. The summed E-state index contributed by atoms with van der Waals surface area (Å²) in [6.45, 7) is 1.98. The second-order valence-corrected chi connectivity index (χ2v) is 5.75. The first-order valence-corrected chi connectivity index (χ1v) is 8.61. The van der Waals surface area contributed by atoms with Gasteiger partial charge in [-0.2, -0.15) is 0 Å². The third-order valence-corrected chi connectivity index (χ3v) is 3.56. The number of phenolic OH excluding ortho intramolecular Hbond substituents is 1. The number of nitrogens with one attached hydrogen (secondary N) is 2. The van der Waals surface area contributed by atoms with Gasteiger partial charge in [-0.25, -0.2) is 0 Å². The van der Waals surface area contributed by atoms with Crippen molar-refractivity contribution < 1.29 is 19.4 Å². The molecule has 0 aliphatic carbocycles. The average molecular weight is 336 g/mol. The van der Waals surface area contributed by atoms with Crippen LogP contribution in [0.15, 0.2) is 24.3 Å². The topological polar surface area (TPSA) is 87.7 Å². The van der Waals surface area contributed by atoms with Crippen LogP contribution >= 0.6 is 0 Å². The van der Waals surface area contributed by atoms with Crippen molar-refractivity contribution in [2.75, 3.05) is 6.61 Å². The van der Waals surface area contributed by atoms with E-state index in [1.165, 1.54) is 37.8 Å². The largest absolute Gasteiger partial charge is 0.508 e. The van der Waals surface area contributed by atoms with Crippen LogP contribution in [0.1, 0.15) is 58.3 Å². The summed E-state index contributed by atoms with van der Waals surface area (Å²) in [5, 5.41) is 9.14.